The fourth-order valence-corrected chi connectivity index (χ4v) is 11.4. The minimum Gasteiger partial charge on any atom is -0.462 e. The Hall–Kier alpha value is -4.80. The number of aliphatic hydroxyl groups is 1. The maximum atomic E-state index is 13.1. The quantitative estimate of drug-likeness (QED) is 0.0169. The largest absolute Gasteiger partial charge is 0.472 e. The van der Waals surface area contributed by atoms with Gasteiger partial charge in [-0.15, -0.1) is 0 Å². The molecule has 3 N–H and O–H groups in total. The van der Waals surface area contributed by atoms with E-state index in [4.69, 9.17) is 37.0 Å². The molecule has 0 rings (SSSR count). The van der Waals surface area contributed by atoms with Gasteiger partial charge in [0.05, 0.1) is 26.4 Å². The summed E-state index contributed by atoms with van der Waals surface area (Å²) in [7, 11) is -9.98. The molecule has 0 aromatic heterocycles. The van der Waals surface area contributed by atoms with Gasteiger partial charge >= 0.3 is 39.5 Å². The molecule has 0 aliphatic carbocycles. The van der Waals surface area contributed by atoms with Gasteiger partial charge < -0.3 is 33.8 Å². The molecule has 19 heteroatoms. The monoisotopic (exact) mass is 1440 g/mol. The van der Waals surface area contributed by atoms with Gasteiger partial charge in [0.1, 0.15) is 19.3 Å². The van der Waals surface area contributed by atoms with Crippen molar-refractivity contribution in [1.82, 2.24) is 0 Å². The molecule has 0 aliphatic heterocycles. The van der Waals surface area contributed by atoms with Crippen LogP contribution in [0, 0.1) is 0 Å². The number of phosphoric acid groups is 2. The van der Waals surface area contributed by atoms with Gasteiger partial charge in [-0.3, -0.25) is 37.3 Å². The molecule has 572 valence electrons. The molecule has 0 aromatic rings. The summed E-state index contributed by atoms with van der Waals surface area (Å²) in [4.78, 5) is 72.9. The van der Waals surface area contributed by atoms with Gasteiger partial charge in [0, 0.05) is 25.7 Å². The van der Waals surface area contributed by atoms with E-state index < -0.39 is 97.5 Å². The summed E-state index contributed by atoms with van der Waals surface area (Å²) in [5.41, 5.74) is 0. The van der Waals surface area contributed by atoms with E-state index >= 15 is 0 Å². The molecule has 0 saturated heterocycles. The predicted molar refractivity (Wildman–Crippen MR) is 408 cm³/mol. The molecule has 0 radical (unpaired) electrons. The summed E-state index contributed by atoms with van der Waals surface area (Å²) in [6, 6.07) is 0. The van der Waals surface area contributed by atoms with Crippen molar-refractivity contribution in [2.75, 3.05) is 39.6 Å². The number of carbonyl (C=O) groups excluding carboxylic acids is 4. The Morgan fingerprint density at radius 1 is 0.290 bits per heavy atom. The number of aliphatic hydroxyl groups excluding tert-OH is 1. The molecule has 0 fully saturated rings. The molecule has 0 bridgehead atoms. The number of hydrogen-bond acceptors (Lipinski definition) is 15. The van der Waals surface area contributed by atoms with Crippen LogP contribution in [-0.4, -0.2) is 96.7 Å². The summed E-state index contributed by atoms with van der Waals surface area (Å²) in [6.45, 7) is 4.46. The van der Waals surface area contributed by atoms with Crippen molar-refractivity contribution in [3.63, 3.8) is 0 Å². The molecule has 0 heterocycles. The van der Waals surface area contributed by atoms with Crippen molar-refractivity contribution in [2.45, 2.75) is 316 Å². The molecule has 0 aliphatic rings. The van der Waals surface area contributed by atoms with Gasteiger partial charge in [-0.2, -0.15) is 0 Å². The van der Waals surface area contributed by atoms with Gasteiger partial charge in [0.15, 0.2) is 12.2 Å². The Kier molecular flexibility index (Phi) is 69.1. The number of allylic oxidation sites excluding steroid dienone is 22. The first-order valence-electron chi connectivity index (χ1n) is 38.4. The van der Waals surface area contributed by atoms with Gasteiger partial charge in [-0.1, -0.05) is 277 Å². The third-order valence-electron chi connectivity index (χ3n) is 15.6. The summed E-state index contributed by atoms with van der Waals surface area (Å²) < 4.78 is 68.4. The smallest absolute Gasteiger partial charge is 0.462 e. The van der Waals surface area contributed by atoms with Crippen LogP contribution in [0.15, 0.2) is 134 Å². The molecule has 0 saturated carbocycles. The summed E-state index contributed by atoms with van der Waals surface area (Å²) in [6.07, 6.45) is 80.2. The highest BCUT2D eigenvalue weighted by Crippen LogP contribution is 2.45. The number of esters is 4. The van der Waals surface area contributed by atoms with Crippen LogP contribution < -0.4 is 0 Å². The minimum absolute atomic E-state index is 0.0626. The topological polar surface area (TPSA) is 237 Å². The lowest BCUT2D eigenvalue weighted by atomic mass is 10.0. The van der Waals surface area contributed by atoms with Crippen molar-refractivity contribution in [2.24, 2.45) is 0 Å². The van der Waals surface area contributed by atoms with Gasteiger partial charge in [0.2, 0.25) is 0 Å². The van der Waals surface area contributed by atoms with E-state index in [2.05, 4.69) is 149 Å². The SMILES string of the molecule is CC/C=C\C/C=C\C/C=C\C/C=C\C/C=C\CCCC(=O)OCC(COP(=O)(O)OCC(O)COP(=O)(O)OCC(COC(=O)CCCC/C=C\C/C=C\C/C=C\C/C=C\CC)OC(=O)CCCCCCCCCCCCCCCCC)OC(=O)CCCCCCC/C=C\C/C=C\CCC. The van der Waals surface area contributed by atoms with E-state index in [1.165, 1.54) is 64.2 Å². The fourth-order valence-electron chi connectivity index (χ4n) is 9.81. The summed E-state index contributed by atoms with van der Waals surface area (Å²) in [5, 5.41) is 10.6. The standard InChI is InChI=1S/C81H136O17P2/c1-5-9-13-17-21-25-29-33-36-37-40-43-46-50-54-58-62-66-79(84)92-71-76(97-80(85)67-63-59-55-51-47-41-32-28-24-20-16-12-8-4)73-95-99(87,88)93-69-75(82)70-94-100(89,90)96-74-77(98-81(86)68-64-60-56-52-48-44-39-35-31-27-23-19-15-11-7-3)72-91-78(83)65-61-57-53-49-45-42-38-34-30-26-22-18-14-10-6-2/h9-10,13-14,16,20-22,25-26,28,32-34,36,38,40,43,45,49-50,54,75-77,82H,5-8,11-12,15,17-19,23-24,27,29-31,35,37,39,41-42,44,46-48,51-53,55-74H2,1-4H3,(H,87,88)(H,89,90)/b13-9-,14-10-,20-16-,25-21-,26-22-,32-28-,36-33-,38-34-,43-40-,49-45-,54-50-. The van der Waals surface area contributed by atoms with E-state index in [1.807, 2.05) is 12.2 Å². The lowest BCUT2D eigenvalue weighted by molar-refractivity contribution is -0.161. The molecular weight excluding hydrogens is 1310 g/mol. The van der Waals surface area contributed by atoms with E-state index in [9.17, 15) is 43.2 Å². The fraction of sp³-hybridized carbons (Fsp3) is 0.679. The summed E-state index contributed by atoms with van der Waals surface area (Å²) >= 11 is 0. The number of phosphoric ester groups is 2. The third-order valence-corrected chi connectivity index (χ3v) is 17.5. The van der Waals surface area contributed by atoms with E-state index in [0.717, 1.165) is 148 Å². The van der Waals surface area contributed by atoms with Crippen molar-refractivity contribution in [1.29, 1.82) is 0 Å². The molecular formula is C81H136O17P2. The average Bonchev–Trinajstić information content (AvgIpc) is 0.965. The first-order valence-corrected chi connectivity index (χ1v) is 41.4. The minimum atomic E-state index is -4.99. The third kappa shape index (κ3) is 71.6. The zero-order chi connectivity index (χ0) is 73.2. The molecule has 17 nitrogen and oxygen atoms in total. The highest BCUT2D eigenvalue weighted by atomic mass is 31.2. The Labute approximate surface area is 605 Å². The van der Waals surface area contributed by atoms with Gasteiger partial charge in [0.25, 0.3) is 0 Å². The molecule has 5 unspecified atom stereocenters. The number of unbranched alkanes of at least 4 members (excludes halogenated alkanes) is 23. The van der Waals surface area contributed by atoms with Crippen LogP contribution in [-0.2, 0) is 65.4 Å². The first-order chi connectivity index (χ1) is 48.7. The molecule has 0 spiro atoms. The Bertz CT molecular complexity index is 2420. The van der Waals surface area contributed by atoms with Crippen LogP contribution in [0.25, 0.3) is 0 Å². The molecule has 5 atom stereocenters. The van der Waals surface area contributed by atoms with Crippen molar-refractivity contribution >= 4 is 39.5 Å². The molecule has 100 heavy (non-hydrogen) atoms. The second-order valence-electron chi connectivity index (χ2n) is 25.2. The molecule has 0 aromatic carbocycles. The van der Waals surface area contributed by atoms with Crippen LogP contribution in [0.1, 0.15) is 297 Å². The van der Waals surface area contributed by atoms with Crippen LogP contribution in [0.5, 0.6) is 0 Å². The Morgan fingerprint density at radius 2 is 0.550 bits per heavy atom. The predicted octanol–water partition coefficient (Wildman–Crippen LogP) is 22.1. The molecule has 0 amide bonds. The normalized spacial score (nSPS) is 14.7. The Morgan fingerprint density at radius 3 is 0.900 bits per heavy atom. The first kappa shape index (κ1) is 95.2. The zero-order valence-corrected chi connectivity index (χ0v) is 64.1. The van der Waals surface area contributed by atoms with Crippen LogP contribution >= 0.6 is 15.6 Å². The van der Waals surface area contributed by atoms with Crippen molar-refractivity contribution in [3.8, 4) is 0 Å². The number of hydrogen-bond donors (Lipinski definition) is 3. The van der Waals surface area contributed by atoms with Crippen molar-refractivity contribution in [3.05, 3.63) is 134 Å². The second kappa shape index (κ2) is 72.5. The second-order valence-corrected chi connectivity index (χ2v) is 28.1. The van der Waals surface area contributed by atoms with Crippen LogP contribution in [0.4, 0.5) is 0 Å². The Balaban J connectivity index is 5.43. The lowest BCUT2D eigenvalue weighted by Crippen LogP contribution is -2.30. The number of rotatable bonds is 71. The van der Waals surface area contributed by atoms with Gasteiger partial charge in [-0.05, 0) is 128 Å². The van der Waals surface area contributed by atoms with Crippen molar-refractivity contribution < 1.29 is 80.2 Å². The maximum absolute atomic E-state index is 13.1. The highest BCUT2D eigenvalue weighted by molar-refractivity contribution is 7.47. The van der Waals surface area contributed by atoms with Crippen LogP contribution in [0.3, 0.4) is 0 Å². The highest BCUT2D eigenvalue weighted by Gasteiger charge is 2.30. The number of ether oxygens (including phenoxy) is 4. The average molecular weight is 1440 g/mol. The maximum Gasteiger partial charge on any atom is 0.472 e. The van der Waals surface area contributed by atoms with Crippen LogP contribution in [0.2, 0.25) is 0 Å². The summed E-state index contributed by atoms with van der Waals surface area (Å²) in [5.74, 6) is -2.30. The van der Waals surface area contributed by atoms with Gasteiger partial charge in [-0.25, -0.2) is 9.13 Å². The lowest BCUT2D eigenvalue weighted by Gasteiger charge is -2.21. The number of carbonyl (C=O) groups is 4. The van der Waals surface area contributed by atoms with E-state index in [-0.39, 0.29) is 25.7 Å². The van der Waals surface area contributed by atoms with E-state index in [0.29, 0.717) is 32.1 Å². The van der Waals surface area contributed by atoms with E-state index in [1.54, 1.807) is 0 Å². The zero-order valence-electron chi connectivity index (χ0n) is 62.3.